The second-order valence-electron chi connectivity index (χ2n) is 4.67. The molecule has 1 saturated heterocycles. The maximum Gasteiger partial charge on any atom is 0.0674 e. The van der Waals surface area contributed by atoms with Crippen LogP contribution >= 0.6 is 0 Å². The van der Waals surface area contributed by atoms with Crippen molar-refractivity contribution in [2.24, 2.45) is 5.41 Å². The monoisotopic (exact) mass is 193 g/mol. The molecule has 3 heteroatoms. The van der Waals surface area contributed by atoms with Crippen molar-refractivity contribution in [3.63, 3.8) is 0 Å². The van der Waals surface area contributed by atoms with Gasteiger partial charge in [-0.3, -0.25) is 5.10 Å². The first-order valence-corrected chi connectivity index (χ1v) is 5.38. The third-order valence-electron chi connectivity index (χ3n) is 3.61. The highest BCUT2D eigenvalue weighted by atomic mass is 15.1. The molecular formula is C11H19N3. The Labute approximate surface area is 85.3 Å². The fraction of sp³-hybridized carbons (Fsp3) is 0.727. The minimum Gasteiger partial charge on any atom is -0.315 e. The summed E-state index contributed by atoms with van der Waals surface area (Å²) in [6, 6.07) is 2.17. The van der Waals surface area contributed by atoms with Gasteiger partial charge >= 0.3 is 0 Å². The minimum atomic E-state index is 0.377. The number of nitrogens with one attached hydrogen (secondary N) is 2. The topological polar surface area (TPSA) is 40.7 Å². The number of nitrogens with zero attached hydrogens (tertiary/aromatic N) is 1. The van der Waals surface area contributed by atoms with Crippen molar-refractivity contribution < 1.29 is 0 Å². The number of hydrogen-bond acceptors (Lipinski definition) is 2. The van der Waals surface area contributed by atoms with E-state index in [-0.39, 0.29) is 0 Å². The number of aryl methyl sites for hydroxylation is 1. The third-order valence-corrected chi connectivity index (χ3v) is 3.61. The largest absolute Gasteiger partial charge is 0.315 e. The Morgan fingerprint density at radius 1 is 1.64 bits per heavy atom. The van der Waals surface area contributed by atoms with E-state index in [9.17, 15) is 0 Å². The summed E-state index contributed by atoms with van der Waals surface area (Å²) < 4.78 is 0. The van der Waals surface area contributed by atoms with Crippen LogP contribution in [0, 0.1) is 12.3 Å². The van der Waals surface area contributed by atoms with Crippen LogP contribution in [0.3, 0.4) is 0 Å². The molecule has 1 fully saturated rings. The predicted molar refractivity (Wildman–Crippen MR) is 57.3 cm³/mol. The summed E-state index contributed by atoms with van der Waals surface area (Å²) in [5, 5.41) is 10.9. The van der Waals surface area contributed by atoms with Crippen LogP contribution in [0.5, 0.6) is 0 Å². The highest BCUT2D eigenvalue weighted by Gasteiger charge is 2.39. The third kappa shape index (κ3) is 1.46. The van der Waals surface area contributed by atoms with Gasteiger partial charge in [-0.1, -0.05) is 13.8 Å². The Morgan fingerprint density at radius 2 is 2.43 bits per heavy atom. The van der Waals surface area contributed by atoms with Gasteiger partial charge in [-0.2, -0.15) is 5.10 Å². The number of aromatic nitrogens is 2. The molecule has 3 nitrogen and oxygen atoms in total. The van der Waals surface area contributed by atoms with Gasteiger partial charge in [0.05, 0.1) is 5.69 Å². The van der Waals surface area contributed by atoms with Crippen molar-refractivity contribution in [2.75, 3.05) is 13.1 Å². The first kappa shape index (κ1) is 9.71. The highest BCUT2D eigenvalue weighted by Crippen LogP contribution is 2.40. The molecule has 2 atom stereocenters. The van der Waals surface area contributed by atoms with Crippen LogP contribution < -0.4 is 5.32 Å². The number of hydrogen-bond donors (Lipinski definition) is 2. The molecule has 1 aromatic rings. The van der Waals surface area contributed by atoms with E-state index in [1.165, 1.54) is 12.1 Å². The smallest absolute Gasteiger partial charge is 0.0674 e. The molecule has 0 aliphatic carbocycles. The van der Waals surface area contributed by atoms with Gasteiger partial charge in [0.25, 0.3) is 0 Å². The van der Waals surface area contributed by atoms with Crippen molar-refractivity contribution in [3.05, 3.63) is 17.5 Å². The quantitative estimate of drug-likeness (QED) is 0.752. The van der Waals surface area contributed by atoms with Crippen LogP contribution in [0.25, 0.3) is 0 Å². The Balaban J connectivity index is 2.26. The molecule has 78 valence electrons. The molecular weight excluding hydrogens is 174 g/mol. The van der Waals surface area contributed by atoms with E-state index in [0.717, 1.165) is 18.8 Å². The van der Waals surface area contributed by atoms with E-state index in [1.807, 2.05) is 0 Å². The van der Waals surface area contributed by atoms with Gasteiger partial charge in [0.1, 0.15) is 0 Å². The van der Waals surface area contributed by atoms with Gasteiger partial charge in [-0.05, 0) is 24.8 Å². The van der Waals surface area contributed by atoms with Crippen molar-refractivity contribution in [2.45, 2.75) is 33.1 Å². The molecule has 0 aromatic carbocycles. The zero-order valence-corrected chi connectivity index (χ0v) is 9.22. The first-order chi connectivity index (χ1) is 6.65. The van der Waals surface area contributed by atoms with Crippen molar-refractivity contribution in [1.82, 2.24) is 15.5 Å². The molecule has 0 amide bonds. The molecule has 2 heterocycles. The highest BCUT2D eigenvalue weighted by molar-refractivity contribution is 5.18. The van der Waals surface area contributed by atoms with E-state index in [0.29, 0.717) is 11.3 Å². The van der Waals surface area contributed by atoms with E-state index < -0.39 is 0 Å². The maximum atomic E-state index is 4.38. The van der Waals surface area contributed by atoms with Gasteiger partial charge in [-0.25, -0.2) is 0 Å². The van der Waals surface area contributed by atoms with Gasteiger partial charge < -0.3 is 5.32 Å². The molecule has 0 radical (unpaired) electrons. The molecule has 2 N–H and O–H groups in total. The van der Waals surface area contributed by atoms with Crippen molar-refractivity contribution >= 4 is 0 Å². The summed E-state index contributed by atoms with van der Waals surface area (Å²) in [6.45, 7) is 8.85. The lowest BCUT2D eigenvalue weighted by atomic mass is 9.76. The predicted octanol–water partition coefficient (Wildman–Crippen LogP) is 1.82. The number of aromatic amines is 1. The Hall–Kier alpha value is -0.830. The number of rotatable bonds is 2. The van der Waals surface area contributed by atoms with Crippen molar-refractivity contribution in [3.8, 4) is 0 Å². The van der Waals surface area contributed by atoms with Crippen LogP contribution in [0.2, 0.25) is 0 Å². The van der Waals surface area contributed by atoms with Gasteiger partial charge in [0.15, 0.2) is 0 Å². The lowest BCUT2D eigenvalue weighted by Gasteiger charge is -2.27. The average Bonchev–Trinajstić information content (AvgIpc) is 2.73. The molecule has 1 aliphatic heterocycles. The van der Waals surface area contributed by atoms with Crippen LogP contribution in [0.1, 0.15) is 37.6 Å². The molecule has 0 bridgehead atoms. The maximum absolute atomic E-state index is 4.38. The second-order valence-corrected chi connectivity index (χ2v) is 4.67. The summed E-state index contributed by atoms with van der Waals surface area (Å²) in [5.74, 6) is 0.567. The standard InChI is InChI=1S/C11H19N3/c1-4-11(3)7-12-6-9(11)10-5-8(2)13-14-10/h5,9,12H,4,6-7H2,1-3H3,(H,13,14)/t9-,11-/m1/s1. The van der Waals surface area contributed by atoms with E-state index in [2.05, 4.69) is 42.4 Å². The molecule has 2 rings (SSSR count). The molecule has 14 heavy (non-hydrogen) atoms. The Bertz CT molecular complexity index is 318. The Morgan fingerprint density at radius 3 is 3.00 bits per heavy atom. The SMILES string of the molecule is CC[C@]1(C)CNC[C@@H]1c1cc(C)[nH]n1. The summed E-state index contributed by atoms with van der Waals surface area (Å²) in [6.07, 6.45) is 1.20. The Kier molecular flexibility index (Phi) is 2.35. The normalized spacial score (nSPS) is 32.4. The van der Waals surface area contributed by atoms with Gasteiger partial charge in [0, 0.05) is 24.7 Å². The van der Waals surface area contributed by atoms with Crippen LogP contribution in [-0.4, -0.2) is 23.3 Å². The van der Waals surface area contributed by atoms with E-state index in [1.54, 1.807) is 0 Å². The van der Waals surface area contributed by atoms with Crippen molar-refractivity contribution in [1.29, 1.82) is 0 Å². The average molecular weight is 193 g/mol. The summed E-state index contributed by atoms with van der Waals surface area (Å²) >= 11 is 0. The van der Waals surface area contributed by atoms with Crippen LogP contribution in [-0.2, 0) is 0 Å². The van der Waals surface area contributed by atoms with Gasteiger partial charge in [-0.15, -0.1) is 0 Å². The molecule has 1 aromatic heterocycles. The second kappa shape index (κ2) is 3.39. The minimum absolute atomic E-state index is 0.377. The fourth-order valence-electron chi connectivity index (χ4n) is 2.32. The number of H-pyrrole nitrogens is 1. The van der Waals surface area contributed by atoms with Gasteiger partial charge in [0.2, 0.25) is 0 Å². The molecule has 0 unspecified atom stereocenters. The summed E-state index contributed by atoms with van der Waals surface area (Å²) in [4.78, 5) is 0. The lowest BCUT2D eigenvalue weighted by molar-refractivity contribution is 0.304. The fourth-order valence-corrected chi connectivity index (χ4v) is 2.32. The summed E-state index contributed by atoms with van der Waals surface area (Å²) in [7, 11) is 0. The van der Waals surface area contributed by atoms with E-state index >= 15 is 0 Å². The molecule has 0 spiro atoms. The molecule has 1 aliphatic rings. The zero-order valence-electron chi connectivity index (χ0n) is 9.22. The first-order valence-electron chi connectivity index (χ1n) is 5.38. The zero-order chi connectivity index (χ0) is 10.2. The lowest BCUT2D eigenvalue weighted by Crippen LogP contribution is -2.24. The van der Waals surface area contributed by atoms with Crippen LogP contribution in [0.15, 0.2) is 6.07 Å². The summed E-state index contributed by atoms with van der Waals surface area (Å²) in [5.41, 5.74) is 2.75. The van der Waals surface area contributed by atoms with E-state index in [4.69, 9.17) is 0 Å². The van der Waals surface area contributed by atoms with Crippen LogP contribution in [0.4, 0.5) is 0 Å². The molecule has 0 saturated carbocycles.